The van der Waals surface area contributed by atoms with Crippen LogP contribution in [0.25, 0.3) is 5.82 Å². The maximum Gasteiger partial charge on any atom is 0.293 e. The predicted octanol–water partition coefficient (Wildman–Crippen LogP) is 1.78. The number of carbonyl (C=O) groups is 1. The molecule has 13 nitrogen and oxygen atoms in total. The molecule has 37 heavy (non-hydrogen) atoms. The highest BCUT2D eigenvalue weighted by molar-refractivity contribution is 5.94. The van der Waals surface area contributed by atoms with E-state index in [9.17, 15) is 9.18 Å². The van der Waals surface area contributed by atoms with Crippen LogP contribution in [0.4, 0.5) is 10.2 Å². The number of methoxy groups -OCH3 is 1. The number of nitrogen functional groups attached to an aromatic ring is 1. The van der Waals surface area contributed by atoms with Crippen LogP contribution < -0.4 is 20.6 Å². The van der Waals surface area contributed by atoms with Crippen molar-refractivity contribution in [3.8, 4) is 17.3 Å². The third-order valence-corrected chi connectivity index (χ3v) is 5.02. The van der Waals surface area contributed by atoms with Gasteiger partial charge in [0.15, 0.2) is 17.2 Å². The summed E-state index contributed by atoms with van der Waals surface area (Å²) in [5, 5.41) is 19.2. The van der Waals surface area contributed by atoms with E-state index in [2.05, 4.69) is 35.8 Å². The molecule has 0 atom stereocenters. The summed E-state index contributed by atoms with van der Waals surface area (Å²) in [6.07, 6.45) is 1.44. The van der Waals surface area contributed by atoms with Gasteiger partial charge in [-0.05, 0) is 65.9 Å². The number of hydrogen-bond acceptors (Lipinski definition) is 11. The molecule has 0 bridgehead atoms. The zero-order chi connectivity index (χ0) is 26.4. The standard InChI is InChI=1S/C23H24FN9O4/c1-32(2)12-17-20(27-31-33(17)22-21(25)29-37-30-22)23(34)28-26-11-15-6-9-18(19(10-15)35-3)36-13-14-4-7-16(24)8-5-14/h4-11H,12-13H2,1-3H3,(H2,25,29)(H,28,34). The van der Waals surface area contributed by atoms with Crippen LogP contribution >= 0.6 is 0 Å². The number of nitrogens with one attached hydrogen (secondary N) is 1. The number of rotatable bonds is 10. The molecule has 0 saturated carbocycles. The van der Waals surface area contributed by atoms with Crippen molar-refractivity contribution >= 4 is 17.9 Å². The minimum Gasteiger partial charge on any atom is -0.493 e. The van der Waals surface area contributed by atoms with Gasteiger partial charge in [0.25, 0.3) is 5.91 Å². The second kappa shape index (κ2) is 11.3. The number of hydrazone groups is 1. The van der Waals surface area contributed by atoms with Crippen molar-refractivity contribution in [2.45, 2.75) is 13.2 Å². The average Bonchev–Trinajstić information content (AvgIpc) is 3.49. The van der Waals surface area contributed by atoms with Crippen molar-refractivity contribution in [1.82, 2.24) is 35.6 Å². The zero-order valence-electron chi connectivity index (χ0n) is 20.3. The first-order valence-corrected chi connectivity index (χ1v) is 10.9. The van der Waals surface area contributed by atoms with Crippen molar-refractivity contribution < 1.29 is 23.3 Å². The Labute approximate surface area is 210 Å². The number of amides is 1. The van der Waals surface area contributed by atoms with Gasteiger partial charge in [-0.25, -0.2) is 14.4 Å². The quantitative estimate of drug-likeness (QED) is 0.238. The van der Waals surface area contributed by atoms with Crippen LogP contribution in [0, 0.1) is 5.82 Å². The fourth-order valence-electron chi connectivity index (χ4n) is 3.27. The Morgan fingerprint density at radius 3 is 2.68 bits per heavy atom. The molecule has 2 aromatic carbocycles. The monoisotopic (exact) mass is 509 g/mol. The van der Waals surface area contributed by atoms with Gasteiger partial charge in [-0.3, -0.25) is 4.79 Å². The summed E-state index contributed by atoms with van der Waals surface area (Å²) >= 11 is 0. The van der Waals surface area contributed by atoms with E-state index in [1.165, 1.54) is 30.1 Å². The topological polar surface area (TPSA) is 159 Å². The molecular formula is C23H24FN9O4. The van der Waals surface area contributed by atoms with E-state index in [1.807, 2.05) is 19.0 Å². The van der Waals surface area contributed by atoms with Gasteiger partial charge in [0, 0.05) is 6.54 Å². The first kappa shape index (κ1) is 25.2. The van der Waals surface area contributed by atoms with Crippen molar-refractivity contribution in [3.63, 3.8) is 0 Å². The van der Waals surface area contributed by atoms with Crippen molar-refractivity contribution in [2.75, 3.05) is 26.9 Å². The van der Waals surface area contributed by atoms with Gasteiger partial charge in [-0.2, -0.15) is 9.78 Å². The number of nitrogens with two attached hydrogens (primary N) is 1. The molecule has 0 aliphatic heterocycles. The second-order valence-corrected chi connectivity index (χ2v) is 8.03. The van der Waals surface area contributed by atoms with E-state index in [1.54, 1.807) is 30.3 Å². The molecule has 4 aromatic rings. The van der Waals surface area contributed by atoms with Crippen molar-refractivity contribution in [3.05, 3.63) is 70.8 Å². The van der Waals surface area contributed by atoms with E-state index in [0.29, 0.717) is 29.3 Å². The SMILES string of the molecule is COc1cc(C=NNC(=O)c2nnn(-c3nonc3N)c2CN(C)C)ccc1OCc1ccc(F)cc1. The summed E-state index contributed by atoms with van der Waals surface area (Å²) < 4.78 is 30.2. The summed E-state index contributed by atoms with van der Waals surface area (Å²) in [5.41, 5.74) is 10.1. The zero-order valence-corrected chi connectivity index (χ0v) is 20.3. The third kappa shape index (κ3) is 6.05. The normalized spacial score (nSPS) is 11.3. The lowest BCUT2D eigenvalue weighted by molar-refractivity contribution is 0.0948. The maximum absolute atomic E-state index is 13.1. The Balaban J connectivity index is 1.45. The molecule has 0 spiro atoms. The number of aromatic nitrogens is 5. The molecule has 0 fully saturated rings. The van der Waals surface area contributed by atoms with E-state index >= 15 is 0 Å². The Morgan fingerprint density at radius 2 is 2.00 bits per heavy atom. The minimum atomic E-state index is -0.583. The minimum absolute atomic E-state index is 0.00826. The van der Waals surface area contributed by atoms with Crippen LogP contribution in [0.5, 0.6) is 11.5 Å². The van der Waals surface area contributed by atoms with Crippen LogP contribution in [-0.4, -0.2) is 63.5 Å². The van der Waals surface area contributed by atoms with E-state index in [-0.39, 0.29) is 29.8 Å². The number of benzene rings is 2. The van der Waals surface area contributed by atoms with Gasteiger partial charge in [0.2, 0.25) is 11.6 Å². The number of halogens is 1. The predicted molar refractivity (Wildman–Crippen MR) is 130 cm³/mol. The highest BCUT2D eigenvalue weighted by Crippen LogP contribution is 2.28. The van der Waals surface area contributed by atoms with E-state index in [4.69, 9.17) is 15.2 Å². The molecule has 1 amide bonds. The van der Waals surface area contributed by atoms with Crippen molar-refractivity contribution in [2.24, 2.45) is 5.10 Å². The molecule has 0 radical (unpaired) electrons. The molecule has 0 aliphatic rings. The number of hydrogen-bond donors (Lipinski definition) is 2. The molecule has 0 unspecified atom stereocenters. The summed E-state index contributed by atoms with van der Waals surface area (Å²) in [6, 6.07) is 11.2. The molecule has 2 aromatic heterocycles. The van der Waals surface area contributed by atoms with Gasteiger partial charge >= 0.3 is 0 Å². The fourth-order valence-corrected chi connectivity index (χ4v) is 3.27. The molecular weight excluding hydrogens is 485 g/mol. The largest absolute Gasteiger partial charge is 0.493 e. The molecule has 3 N–H and O–H groups in total. The van der Waals surface area contributed by atoms with Gasteiger partial charge in [0.1, 0.15) is 12.4 Å². The highest BCUT2D eigenvalue weighted by Gasteiger charge is 2.24. The molecule has 2 heterocycles. The summed E-state index contributed by atoms with van der Waals surface area (Å²) in [5.74, 6) is 0.204. The van der Waals surface area contributed by atoms with Crippen LogP contribution in [0.1, 0.15) is 27.3 Å². The number of nitrogens with zero attached hydrogens (tertiary/aromatic N) is 7. The Kier molecular flexibility index (Phi) is 7.68. The number of ether oxygens (including phenoxy) is 2. The average molecular weight is 510 g/mol. The lowest BCUT2D eigenvalue weighted by Crippen LogP contribution is -2.23. The second-order valence-electron chi connectivity index (χ2n) is 8.03. The Morgan fingerprint density at radius 1 is 1.22 bits per heavy atom. The molecule has 0 saturated heterocycles. The lowest BCUT2D eigenvalue weighted by atomic mass is 10.2. The van der Waals surface area contributed by atoms with Crippen LogP contribution in [0.3, 0.4) is 0 Å². The van der Waals surface area contributed by atoms with Crippen LogP contribution in [0.15, 0.2) is 52.2 Å². The molecule has 4 rings (SSSR count). The van der Waals surface area contributed by atoms with Gasteiger partial charge < -0.3 is 20.1 Å². The Bertz CT molecular complexity index is 1400. The van der Waals surface area contributed by atoms with Gasteiger partial charge in [-0.1, -0.05) is 17.3 Å². The highest BCUT2D eigenvalue weighted by atomic mass is 19.1. The number of carbonyl (C=O) groups excluding carboxylic acids is 1. The summed E-state index contributed by atoms with van der Waals surface area (Å²) in [7, 11) is 5.15. The van der Waals surface area contributed by atoms with Gasteiger partial charge in [0.05, 0.1) is 19.0 Å². The molecule has 192 valence electrons. The van der Waals surface area contributed by atoms with Gasteiger partial charge in [-0.15, -0.1) is 5.10 Å². The van der Waals surface area contributed by atoms with Crippen LogP contribution in [-0.2, 0) is 13.2 Å². The maximum atomic E-state index is 13.1. The molecule has 0 aliphatic carbocycles. The first-order valence-electron chi connectivity index (χ1n) is 10.9. The number of anilines is 1. The summed E-state index contributed by atoms with van der Waals surface area (Å²) in [6.45, 7) is 0.550. The first-order chi connectivity index (χ1) is 17.9. The molecule has 14 heteroatoms. The van der Waals surface area contributed by atoms with Crippen LogP contribution in [0.2, 0.25) is 0 Å². The lowest BCUT2D eigenvalue weighted by Gasteiger charge is -2.11. The fraction of sp³-hybridized carbons (Fsp3) is 0.217. The van der Waals surface area contributed by atoms with Crippen molar-refractivity contribution in [1.29, 1.82) is 0 Å². The van der Waals surface area contributed by atoms with E-state index < -0.39 is 5.91 Å². The van der Waals surface area contributed by atoms with E-state index in [0.717, 1.165) is 5.56 Å². The summed E-state index contributed by atoms with van der Waals surface area (Å²) in [4.78, 5) is 14.6. The Hall–Kier alpha value is -4.85. The third-order valence-electron chi connectivity index (χ3n) is 5.02. The smallest absolute Gasteiger partial charge is 0.293 e.